The third-order valence-corrected chi connectivity index (χ3v) is 3.71. The van der Waals surface area contributed by atoms with E-state index in [1.165, 1.54) is 0 Å². The molecule has 0 aromatic carbocycles. The zero-order chi connectivity index (χ0) is 39.9. The minimum Gasteiger partial charge on any atom is -0.481 e. The van der Waals surface area contributed by atoms with Gasteiger partial charge in [-0.05, 0) is 51.4 Å². The summed E-state index contributed by atoms with van der Waals surface area (Å²) in [5.41, 5.74) is 0. The lowest BCUT2D eigenvalue weighted by atomic mass is 10.4. The SMILES string of the molecule is CCCC(=O)O.CCCC(=O)O.CCCC(=O)O.CCCC(=O)O.CCCC(=O)O.CCCC(=O)O.CCCC(=O)O.CCCC(=O)O. The molecule has 0 bridgehead atoms. The average Bonchev–Trinajstić information content (AvgIpc) is 2.90. The Kier molecular flexibility index (Phi) is 76.0. The van der Waals surface area contributed by atoms with Crippen molar-refractivity contribution in [2.24, 2.45) is 0 Å². The molecule has 0 radical (unpaired) electrons. The van der Waals surface area contributed by atoms with Gasteiger partial charge in [-0.2, -0.15) is 0 Å². The van der Waals surface area contributed by atoms with Gasteiger partial charge in [-0.1, -0.05) is 55.4 Å². The van der Waals surface area contributed by atoms with Gasteiger partial charge in [0.25, 0.3) is 0 Å². The molecule has 0 saturated heterocycles. The van der Waals surface area contributed by atoms with Crippen molar-refractivity contribution in [1.29, 1.82) is 0 Å². The zero-order valence-corrected chi connectivity index (χ0v) is 30.2. The Hall–Kier alpha value is -4.24. The van der Waals surface area contributed by atoms with Crippen molar-refractivity contribution in [3.8, 4) is 0 Å². The molecular formula is C32H64O16. The minimum atomic E-state index is -0.711. The van der Waals surface area contributed by atoms with Crippen molar-refractivity contribution in [3.05, 3.63) is 0 Å². The van der Waals surface area contributed by atoms with E-state index in [1.54, 1.807) is 0 Å². The molecule has 16 heteroatoms. The van der Waals surface area contributed by atoms with Crippen molar-refractivity contribution in [2.75, 3.05) is 0 Å². The van der Waals surface area contributed by atoms with E-state index in [2.05, 4.69) is 0 Å². The lowest BCUT2D eigenvalue weighted by Crippen LogP contribution is -1.90. The fourth-order valence-corrected chi connectivity index (χ4v) is 1.71. The Morgan fingerprint density at radius 3 is 0.292 bits per heavy atom. The van der Waals surface area contributed by atoms with E-state index in [-0.39, 0.29) is 0 Å². The largest absolute Gasteiger partial charge is 0.481 e. The Bertz CT molecular complexity index is 588. The second-order valence-electron chi connectivity index (χ2n) is 9.15. The second-order valence-corrected chi connectivity index (χ2v) is 9.15. The number of carbonyl (C=O) groups is 8. The van der Waals surface area contributed by atoms with Gasteiger partial charge in [0.05, 0.1) is 0 Å². The van der Waals surface area contributed by atoms with Gasteiger partial charge in [0, 0.05) is 51.4 Å². The molecule has 8 N–H and O–H groups in total. The van der Waals surface area contributed by atoms with Gasteiger partial charge >= 0.3 is 47.8 Å². The smallest absolute Gasteiger partial charge is 0.303 e. The summed E-state index contributed by atoms with van der Waals surface area (Å²) >= 11 is 0. The Balaban J connectivity index is -0.0000000635. The van der Waals surface area contributed by atoms with Gasteiger partial charge in [0.15, 0.2) is 0 Å². The van der Waals surface area contributed by atoms with Crippen LogP contribution >= 0.6 is 0 Å². The van der Waals surface area contributed by atoms with Gasteiger partial charge in [0.2, 0.25) is 0 Å². The predicted molar refractivity (Wildman–Crippen MR) is 180 cm³/mol. The van der Waals surface area contributed by atoms with Crippen molar-refractivity contribution < 1.29 is 79.2 Å². The zero-order valence-electron chi connectivity index (χ0n) is 30.2. The second kappa shape index (κ2) is 58.3. The molecule has 0 aliphatic rings. The molecule has 0 fully saturated rings. The Labute approximate surface area is 285 Å². The maximum absolute atomic E-state index is 9.60. The summed E-state index contributed by atoms with van der Waals surface area (Å²) in [6.07, 6.45) is 8.19. The molecule has 0 atom stereocenters. The fraction of sp³-hybridized carbons (Fsp3) is 0.750. The molecule has 0 heterocycles. The first-order valence-electron chi connectivity index (χ1n) is 15.9. The van der Waals surface area contributed by atoms with E-state index in [9.17, 15) is 38.4 Å². The molecule has 0 aromatic rings. The van der Waals surface area contributed by atoms with Crippen molar-refractivity contribution >= 4 is 47.8 Å². The highest BCUT2D eigenvalue weighted by Crippen LogP contribution is 1.85. The van der Waals surface area contributed by atoms with Gasteiger partial charge in [-0.15, -0.1) is 0 Å². The summed E-state index contributed by atoms with van der Waals surface area (Å²) in [4.78, 5) is 76.8. The van der Waals surface area contributed by atoms with Crippen LogP contribution in [0.2, 0.25) is 0 Å². The maximum Gasteiger partial charge on any atom is 0.303 e. The highest BCUT2D eigenvalue weighted by atomic mass is 16.4. The molecule has 0 aliphatic carbocycles. The summed E-state index contributed by atoms with van der Waals surface area (Å²) in [5.74, 6) is -5.69. The van der Waals surface area contributed by atoms with Crippen LogP contribution in [-0.2, 0) is 38.4 Å². The molecule has 0 spiro atoms. The van der Waals surface area contributed by atoms with E-state index in [4.69, 9.17) is 40.9 Å². The summed E-state index contributed by atoms with van der Waals surface area (Å²) in [5, 5.41) is 63.3. The van der Waals surface area contributed by atoms with Crippen LogP contribution < -0.4 is 0 Å². The summed E-state index contributed by atoms with van der Waals surface area (Å²) in [6, 6.07) is 0. The van der Waals surface area contributed by atoms with Gasteiger partial charge in [-0.25, -0.2) is 0 Å². The molecule has 0 aromatic heterocycles. The van der Waals surface area contributed by atoms with E-state index in [1.807, 2.05) is 55.4 Å². The first-order chi connectivity index (χ1) is 22.2. The van der Waals surface area contributed by atoms with Crippen LogP contribution in [0.3, 0.4) is 0 Å². The van der Waals surface area contributed by atoms with Crippen LogP contribution in [-0.4, -0.2) is 88.6 Å². The van der Waals surface area contributed by atoms with Crippen molar-refractivity contribution in [3.63, 3.8) is 0 Å². The van der Waals surface area contributed by atoms with E-state index in [0.29, 0.717) is 51.4 Å². The highest BCUT2D eigenvalue weighted by molar-refractivity contribution is 5.68. The number of hydrogen-bond donors (Lipinski definition) is 8. The lowest BCUT2D eigenvalue weighted by Gasteiger charge is -1.79. The average molecular weight is 705 g/mol. The molecule has 0 aliphatic heterocycles. The number of hydrogen-bond acceptors (Lipinski definition) is 8. The van der Waals surface area contributed by atoms with Crippen LogP contribution in [0, 0.1) is 0 Å². The third kappa shape index (κ3) is 178. The monoisotopic (exact) mass is 704 g/mol. The molecule has 288 valence electrons. The van der Waals surface area contributed by atoms with Crippen LogP contribution in [0.1, 0.15) is 158 Å². The number of rotatable bonds is 16. The van der Waals surface area contributed by atoms with Crippen LogP contribution in [0.25, 0.3) is 0 Å². The van der Waals surface area contributed by atoms with Crippen LogP contribution in [0.4, 0.5) is 0 Å². The Morgan fingerprint density at radius 2 is 0.292 bits per heavy atom. The molecule has 16 nitrogen and oxygen atoms in total. The predicted octanol–water partition coefficient (Wildman–Crippen LogP) is 6.97. The van der Waals surface area contributed by atoms with Gasteiger partial charge in [0.1, 0.15) is 0 Å². The normalized spacial score (nSPS) is 8.17. The highest BCUT2D eigenvalue weighted by Gasteiger charge is 1.91. The summed E-state index contributed by atoms with van der Waals surface area (Å²) < 4.78 is 0. The quantitative estimate of drug-likeness (QED) is 0.0804. The lowest BCUT2D eigenvalue weighted by molar-refractivity contribution is -0.138. The van der Waals surface area contributed by atoms with Crippen molar-refractivity contribution in [1.82, 2.24) is 0 Å². The minimum absolute atomic E-state index is 0.292. The third-order valence-electron chi connectivity index (χ3n) is 3.71. The molecule has 48 heavy (non-hydrogen) atoms. The Morgan fingerprint density at radius 1 is 0.229 bits per heavy atom. The van der Waals surface area contributed by atoms with Gasteiger partial charge in [-0.3, -0.25) is 38.4 Å². The standard InChI is InChI=1S/8C4H8O2/c8*1-2-3-4(5)6/h8*2-3H2,1H3,(H,5,6). The molecular weight excluding hydrogens is 640 g/mol. The first-order valence-corrected chi connectivity index (χ1v) is 15.9. The number of carboxylic acids is 8. The van der Waals surface area contributed by atoms with E-state index >= 15 is 0 Å². The van der Waals surface area contributed by atoms with Gasteiger partial charge < -0.3 is 40.9 Å². The molecule has 0 amide bonds. The summed E-state index contributed by atoms with van der Waals surface area (Å²) in [7, 11) is 0. The summed E-state index contributed by atoms with van der Waals surface area (Å²) in [6.45, 7) is 14.7. The maximum atomic E-state index is 9.60. The molecule has 0 rings (SSSR count). The van der Waals surface area contributed by atoms with E-state index < -0.39 is 47.8 Å². The number of carboxylic acid groups (broad SMARTS) is 8. The molecule has 0 unspecified atom stereocenters. The molecule has 0 saturated carbocycles. The number of aliphatic carboxylic acids is 8. The fourth-order valence-electron chi connectivity index (χ4n) is 1.71. The van der Waals surface area contributed by atoms with Crippen LogP contribution in [0.5, 0.6) is 0 Å². The van der Waals surface area contributed by atoms with E-state index in [0.717, 1.165) is 51.4 Å². The van der Waals surface area contributed by atoms with Crippen LogP contribution in [0.15, 0.2) is 0 Å². The topological polar surface area (TPSA) is 298 Å². The first kappa shape index (κ1) is 62.6. The van der Waals surface area contributed by atoms with Crippen molar-refractivity contribution in [2.45, 2.75) is 158 Å².